The van der Waals surface area contributed by atoms with Crippen molar-refractivity contribution in [1.82, 2.24) is 24.7 Å². The van der Waals surface area contributed by atoms with Gasteiger partial charge in [-0.1, -0.05) is 18.1 Å². The van der Waals surface area contributed by atoms with Crippen LogP contribution in [-0.4, -0.2) is 36.7 Å². The number of benzene rings is 1. The highest BCUT2D eigenvalue weighted by Crippen LogP contribution is 2.57. The maximum atomic E-state index is 12.6. The summed E-state index contributed by atoms with van der Waals surface area (Å²) < 4.78 is 2.05. The van der Waals surface area contributed by atoms with E-state index in [1.54, 1.807) is 31.5 Å². The molecule has 3 heterocycles. The van der Waals surface area contributed by atoms with Crippen LogP contribution in [0.4, 0.5) is 10.9 Å². The molecule has 0 unspecified atom stereocenters. The fraction of sp³-hybridized carbons (Fsp3) is 0.296. The van der Waals surface area contributed by atoms with Crippen LogP contribution in [0.3, 0.4) is 0 Å². The lowest BCUT2D eigenvalue weighted by molar-refractivity contribution is -0.117. The highest BCUT2D eigenvalue weighted by Gasteiger charge is 2.57. The minimum atomic E-state index is -0.252. The van der Waals surface area contributed by atoms with E-state index in [9.17, 15) is 9.59 Å². The van der Waals surface area contributed by atoms with Crippen molar-refractivity contribution in [3.63, 3.8) is 0 Å². The first-order valence-electron chi connectivity index (χ1n) is 12.1. The van der Waals surface area contributed by atoms with Crippen molar-refractivity contribution in [2.24, 2.45) is 0 Å². The summed E-state index contributed by atoms with van der Waals surface area (Å²) in [6.07, 6.45) is 9.67. The number of carbonyl (C=O) groups excluding carboxylic acids is 2. The molecule has 3 aromatic heterocycles. The number of anilines is 2. The summed E-state index contributed by atoms with van der Waals surface area (Å²) in [6, 6.07) is 7.30. The maximum Gasteiger partial charge on any atom is 0.296 e. The van der Waals surface area contributed by atoms with Gasteiger partial charge in [0.25, 0.3) is 11.8 Å². The van der Waals surface area contributed by atoms with Crippen molar-refractivity contribution >= 4 is 39.6 Å². The van der Waals surface area contributed by atoms with Gasteiger partial charge in [-0.2, -0.15) is 0 Å². The molecule has 0 saturated heterocycles. The zero-order valence-corrected chi connectivity index (χ0v) is 21.1. The Morgan fingerprint density at radius 2 is 1.89 bits per heavy atom. The molecule has 10 heteroatoms. The van der Waals surface area contributed by atoms with Crippen LogP contribution in [0, 0.1) is 11.8 Å². The number of thiazole rings is 1. The molecule has 0 spiro atoms. The second-order valence-corrected chi connectivity index (χ2v) is 10.6. The van der Waals surface area contributed by atoms with Gasteiger partial charge in [0.2, 0.25) is 0 Å². The molecule has 2 fully saturated rings. The van der Waals surface area contributed by atoms with Gasteiger partial charge in [0.1, 0.15) is 22.9 Å². The molecule has 6 rings (SSSR count). The number of aromatic nitrogens is 4. The van der Waals surface area contributed by atoms with E-state index in [1.165, 1.54) is 11.3 Å². The number of hydrogen-bond donors (Lipinski definition) is 3. The molecule has 2 saturated carbocycles. The van der Waals surface area contributed by atoms with Gasteiger partial charge >= 0.3 is 0 Å². The Bertz CT molecular complexity index is 1570. The molecule has 2 aliphatic rings. The number of hydrogen-bond acceptors (Lipinski definition) is 7. The number of nitrogens with zero attached hydrogens (tertiary/aromatic N) is 4. The van der Waals surface area contributed by atoms with Crippen LogP contribution in [0.1, 0.15) is 55.2 Å². The van der Waals surface area contributed by atoms with Gasteiger partial charge in [-0.3, -0.25) is 19.3 Å². The van der Waals surface area contributed by atoms with Crippen molar-refractivity contribution < 1.29 is 9.59 Å². The van der Waals surface area contributed by atoms with E-state index in [0.29, 0.717) is 16.5 Å². The minimum absolute atomic E-state index is 0.171. The molecular formula is C27H25N7O2S. The van der Waals surface area contributed by atoms with Gasteiger partial charge in [-0.25, -0.2) is 15.0 Å². The normalized spacial score (nSPS) is 22.0. The molecule has 2 amide bonds. The Hall–Kier alpha value is -4.23. The number of imidazole rings is 1. The molecule has 0 radical (unpaired) electrons. The highest BCUT2D eigenvalue weighted by molar-refractivity contribution is 7.13. The molecule has 9 nitrogen and oxygen atoms in total. The Balaban J connectivity index is 1.35. The molecule has 2 bridgehead atoms. The van der Waals surface area contributed by atoms with E-state index in [0.717, 1.165) is 54.7 Å². The largest absolute Gasteiger partial charge is 0.382 e. The lowest BCUT2D eigenvalue weighted by Crippen LogP contribution is -2.44. The van der Waals surface area contributed by atoms with Crippen LogP contribution in [0.5, 0.6) is 0 Å². The van der Waals surface area contributed by atoms with E-state index in [1.807, 2.05) is 23.7 Å². The second kappa shape index (κ2) is 8.71. The molecule has 37 heavy (non-hydrogen) atoms. The predicted octanol–water partition coefficient (Wildman–Crippen LogP) is 3.78. The minimum Gasteiger partial charge on any atom is -0.382 e. The monoisotopic (exact) mass is 511 g/mol. The summed E-state index contributed by atoms with van der Waals surface area (Å²) in [5.41, 5.74) is 8.79. The lowest BCUT2D eigenvalue weighted by Gasteiger charge is -2.27. The van der Waals surface area contributed by atoms with E-state index >= 15 is 0 Å². The molecular weight excluding hydrogens is 486 g/mol. The third-order valence-electron chi connectivity index (χ3n) is 7.59. The summed E-state index contributed by atoms with van der Waals surface area (Å²) in [7, 11) is 0. The molecule has 1 aromatic carbocycles. The van der Waals surface area contributed by atoms with Crippen LogP contribution in [0.15, 0.2) is 48.2 Å². The van der Waals surface area contributed by atoms with Crippen LogP contribution in [-0.2, 0) is 10.2 Å². The van der Waals surface area contributed by atoms with Crippen molar-refractivity contribution in [3.05, 3.63) is 59.6 Å². The highest BCUT2D eigenvalue weighted by atomic mass is 32.1. The molecule has 4 N–H and O–H groups in total. The third-order valence-corrected chi connectivity index (χ3v) is 8.28. The number of amides is 2. The lowest BCUT2D eigenvalue weighted by atomic mass is 9.83. The Morgan fingerprint density at radius 1 is 1.11 bits per heavy atom. The van der Waals surface area contributed by atoms with Gasteiger partial charge in [-0.05, 0) is 57.1 Å². The van der Waals surface area contributed by atoms with Gasteiger partial charge in [0, 0.05) is 46.1 Å². The Labute approximate surface area is 217 Å². The summed E-state index contributed by atoms with van der Waals surface area (Å²) in [5.74, 6) is 6.19. The van der Waals surface area contributed by atoms with Crippen LogP contribution in [0.25, 0.3) is 16.8 Å². The maximum absolute atomic E-state index is 12.6. The van der Waals surface area contributed by atoms with Gasteiger partial charge in [-0.15, -0.1) is 11.3 Å². The zero-order chi connectivity index (χ0) is 25.6. The van der Waals surface area contributed by atoms with Crippen molar-refractivity contribution in [2.45, 2.75) is 50.0 Å². The molecule has 2 aliphatic carbocycles. The fourth-order valence-corrected chi connectivity index (χ4v) is 6.46. The van der Waals surface area contributed by atoms with E-state index in [4.69, 9.17) is 10.7 Å². The first kappa shape index (κ1) is 23.2. The second-order valence-electron chi connectivity index (χ2n) is 9.75. The number of nitrogens with one attached hydrogen (secondary N) is 2. The first-order chi connectivity index (χ1) is 17.9. The Kier molecular flexibility index (Phi) is 5.46. The topological polar surface area (TPSA) is 127 Å². The SMILES string of the molecule is CC#CC(=O)NC12CCC(c3nc(-c4ccc(C(=O)Nc5nccs5)cc4)c4c(N)nccn34)(CC1)C2. The smallest absolute Gasteiger partial charge is 0.296 e. The first-order valence-corrected chi connectivity index (χ1v) is 13.0. The Morgan fingerprint density at radius 3 is 2.59 bits per heavy atom. The number of nitrogens with two attached hydrogens (primary N) is 1. The fourth-order valence-electron chi connectivity index (χ4n) is 5.94. The average Bonchev–Trinajstić information content (AvgIpc) is 3.67. The number of carbonyl (C=O) groups is 2. The summed E-state index contributed by atoms with van der Waals surface area (Å²) in [5, 5.41) is 8.35. The summed E-state index contributed by atoms with van der Waals surface area (Å²) in [4.78, 5) is 38.5. The molecule has 186 valence electrons. The summed E-state index contributed by atoms with van der Waals surface area (Å²) >= 11 is 1.37. The van der Waals surface area contributed by atoms with E-state index < -0.39 is 0 Å². The van der Waals surface area contributed by atoms with Crippen LogP contribution in [0.2, 0.25) is 0 Å². The van der Waals surface area contributed by atoms with Gasteiger partial charge < -0.3 is 11.1 Å². The molecule has 0 aliphatic heterocycles. The van der Waals surface area contributed by atoms with Crippen LogP contribution >= 0.6 is 11.3 Å². The van der Waals surface area contributed by atoms with Gasteiger partial charge in [0.15, 0.2) is 5.13 Å². The number of fused-ring (bicyclic) bond motifs is 3. The third kappa shape index (κ3) is 3.92. The van der Waals surface area contributed by atoms with Crippen molar-refractivity contribution in [3.8, 4) is 23.1 Å². The number of rotatable bonds is 5. The standard InChI is InChI=1S/C27H25N7O2S/c1-2-3-19(35)33-27-10-8-26(16-27,9-11-27)24-31-20(21-22(28)29-12-14-34(21)24)17-4-6-18(7-5-17)23(36)32-25-30-13-15-37-25/h4-7,12-15H,8-11,16H2,1H3,(H2,28,29)(H,33,35)(H,30,32,36). The number of nitrogen functional groups attached to an aromatic ring is 1. The summed E-state index contributed by atoms with van der Waals surface area (Å²) in [6.45, 7) is 1.67. The van der Waals surface area contributed by atoms with E-state index in [2.05, 4.69) is 36.8 Å². The quantitative estimate of drug-likeness (QED) is 0.350. The van der Waals surface area contributed by atoms with Crippen molar-refractivity contribution in [1.29, 1.82) is 0 Å². The van der Waals surface area contributed by atoms with E-state index in [-0.39, 0.29) is 22.8 Å². The average molecular weight is 512 g/mol. The van der Waals surface area contributed by atoms with Crippen LogP contribution < -0.4 is 16.4 Å². The van der Waals surface area contributed by atoms with Gasteiger partial charge in [0.05, 0.1) is 0 Å². The predicted molar refractivity (Wildman–Crippen MR) is 142 cm³/mol. The zero-order valence-electron chi connectivity index (χ0n) is 20.2. The molecule has 0 atom stereocenters. The van der Waals surface area contributed by atoms with Crippen molar-refractivity contribution in [2.75, 3.05) is 11.1 Å². The molecule has 4 aromatic rings.